The Labute approximate surface area is 233 Å². The van der Waals surface area contributed by atoms with Crippen molar-refractivity contribution in [1.29, 1.82) is 0 Å². The maximum Gasteiger partial charge on any atom is 0 e. The Morgan fingerprint density at radius 3 is 0.730 bits per heavy atom. The van der Waals surface area contributed by atoms with Crippen molar-refractivity contribution in [2.75, 3.05) is 0 Å². The molecule has 0 amide bonds. The van der Waals surface area contributed by atoms with Crippen LogP contribution in [-0.2, 0) is 17.1 Å². The molecule has 0 saturated heterocycles. The molecule has 0 aliphatic carbocycles. The zero-order valence-corrected chi connectivity index (χ0v) is 23.3. The summed E-state index contributed by atoms with van der Waals surface area (Å²) in [6, 6.07) is 60.5. The van der Waals surface area contributed by atoms with Gasteiger partial charge in [0.15, 0.2) is 0 Å². The van der Waals surface area contributed by atoms with E-state index in [1.54, 1.807) is 0 Å². The molecule has 0 heterocycles. The smallest absolute Gasteiger partial charge is 0 e. The fourth-order valence-corrected chi connectivity index (χ4v) is 8.84. The van der Waals surface area contributed by atoms with Crippen molar-refractivity contribution in [3.8, 4) is 0 Å². The second-order valence-electron chi connectivity index (χ2n) is 8.30. The summed E-state index contributed by atoms with van der Waals surface area (Å²) in [5.41, 5.74) is 0. The van der Waals surface area contributed by atoms with Crippen LogP contribution in [0.5, 0.6) is 0 Å². The Balaban J connectivity index is 0.000000168. The fraction of sp³-hybridized carbons (Fsp3) is 0. The molecule has 0 aromatic heterocycles. The molecular formula is C34H28FeP2-2. The first-order chi connectivity index (χ1) is 17.9. The molecule has 0 saturated carbocycles. The van der Waals surface area contributed by atoms with Gasteiger partial charge >= 0.3 is 0 Å². The van der Waals surface area contributed by atoms with Gasteiger partial charge in [0.05, 0.1) is 0 Å². The molecular weight excluding hydrogens is 526 g/mol. The van der Waals surface area contributed by atoms with Crippen LogP contribution in [0.25, 0.3) is 0 Å². The third-order valence-electron chi connectivity index (χ3n) is 5.86. The molecule has 0 spiro atoms. The van der Waals surface area contributed by atoms with Crippen LogP contribution in [0.3, 0.4) is 0 Å². The maximum absolute atomic E-state index is 2.23. The van der Waals surface area contributed by atoms with Gasteiger partial charge in [-0.15, -0.1) is 10.6 Å². The van der Waals surface area contributed by atoms with Crippen LogP contribution in [0.2, 0.25) is 0 Å². The van der Waals surface area contributed by atoms with Crippen LogP contribution in [0.1, 0.15) is 0 Å². The fourth-order valence-electron chi connectivity index (χ4n) is 4.23. The molecule has 0 N–H and O–H groups in total. The van der Waals surface area contributed by atoms with Gasteiger partial charge in [0.25, 0.3) is 0 Å². The van der Waals surface area contributed by atoms with Crippen LogP contribution in [-0.4, -0.2) is 0 Å². The molecule has 0 atom stereocenters. The van der Waals surface area contributed by atoms with Crippen LogP contribution in [0, 0.1) is 0 Å². The first-order valence-corrected chi connectivity index (χ1v) is 14.8. The van der Waals surface area contributed by atoms with Gasteiger partial charge in [0.2, 0.25) is 0 Å². The Hall–Kier alpha value is -3.04. The SMILES string of the molecule is [Fe].c1ccc(P(c2ccccc2)[c-]2cccc2)cc1.c1ccc(P(c2ccccc2)[c-]2cccc2)cc1. The predicted octanol–water partition coefficient (Wildman–Crippen LogP) is 6.32. The minimum Gasteiger partial charge on any atom is -0.213 e. The molecule has 6 aromatic carbocycles. The minimum atomic E-state index is -0.409. The minimum absolute atomic E-state index is 0. The Bertz CT molecular complexity index is 1210. The summed E-state index contributed by atoms with van der Waals surface area (Å²) >= 11 is 0. The van der Waals surface area contributed by atoms with Crippen molar-refractivity contribution in [3.05, 3.63) is 170 Å². The average Bonchev–Trinajstić information content (AvgIpc) is 3.68. The molecule has 0 radical (unpaired) electrons. The number of benzene rings is 4. The standard InChI is InChI=1S/2C17H14P.Fe/c2*1-3-9-15(10-4-1)18(17-13-7-8-14-17)16-11-5-2-6-12-16;/h2*1-14H;/q2*-1;. The second-order valence-corrected chi connectivity index (χ2v) is 12.7. The number of rotatable bonds is 6. The van der Waals surface area contributed by atoms with Gasteiger partial charge in [0.1, 0.15) is 0 Å². The van der Waals surface area contributed by atoms with E-state index in [4.69, 9.17) is 0 Å². The first kappa shape index (κ1) is 27.0. The zero-order valence-electron chi connectivity index (χ0n) is 20.4. The summed E-state index contributed by atoms with van der Waals surface area (Å²) in [7, 11) is -0.818. The van der Waals surface area contributed by atoms with E-state index in [2.05, 4.69) is 170 Å². The normalized spacial score (nSPS) is 10.4. The maximum atomic E-state index is 2.23. The Morgan fingerprint density at radius 2 is 0.514 bits per heavy atom. The van der Waals surface area contributed by atoms with Crippen molar-refractivity contribution in [3.63, 3.8) is 0 Å². The van der Waals surface area contributed by atoms with Gasteiger partial charge in [0, 0.05) is 17.1 Å². The van der Waals surface area contributed by atoms with E-state index in [0.717, 1.165) is 0 Å². The van der Waals surface area contributed by atoms with Gasteiger partial charge in [-0.25, -0.2) is 24.3 Å². The van der Waals surface area contributed by atoms with Crippen molar-refractivity contribution in [1.82, 2.24) is 0 Å². The summed E-state index contributed by atoms with van der Waals surface area (Å²) in [5.74, 6) is 0. The molecule has 0 fully saturated rings. The van der Waals surface area contributed by atoms with E-state index in [9.17, 15) is 0 Å². The molecule has 0 aliphatic heterocycles. The van der Waals surface area contributed by atoms with E-state index in [1.165, 1.54) is 31.8 Å². The summed E-state index contributed by atoms with van der Waals surface area (Å²) in [6.07, 6.45) is 0. The van der Waals surface area contributed by atoms with E-state index >= 15 is 0 Å². The average molecular weight is 554 g/mol. The van der Waals surface area contributed by atoms with Crippen molar-refractivity contribution >= 4 is 47.7 Å². The van der Waals surface area contributed by atoms with Crippen molar-refractivity contribution in [2.24, 2.45) is 0 Å². The van der Waals surface area contributed by atoms with E-state index < -0.39 is 15.8 Å². The zero-order chi connectivity index (χ0) is 24.4. The van der Waals surface area contributed by atoms with Crippen LogP contribution in [0.15, 0.2) is 170 Å². The molecule has 0 aliphatic rings. The van der Waals surface area contributed by atoms with Gasteiger partial charge in [-0.1, -0.05) is 137 Å². The van der Waals surface area contributed by atoms with Gasteiger partial charge < -0.3 is 0 Å². The van der Waals surface area contributed by atoms with Crippen molar-refractivity contribution in [2.45, 2.75) is 0 Å². The molecule has 184 valence electrons. The van der Waals surface area contributed by atoms with Crippen LogP contribution < -0.4 is 31.8 Å². The monoisotopic (exact) mass is 554 g/mol. The summed E-state index contributed by atoms with van der Waals surface area (Å²) in [4.78, 5) is 0. The predicted molar refractivity (Wildman–Crippen MR) is 161 cm³/mol. The molecule has 6 aromatic rings. The largest absolute Gasteiger partial charge is 0.213 e. The van der Waals surface area contributed by atoms with E-state index in [-0.39, 0.29) is 17.1 Å². The molecule has 0 unspecified atom stereocenters. The van der Waals surface area contributed by atoms with Gasteiger partial charge in [-0.2, -0.15) is 24.3 Å². The molecule has 3 heteroatoms. The number of hydrogen-bond donors (Lipinski definition) is 0. The van der Waals surface area contributed by atoms with Gasteiger partial charge in [-0.3, -0.25) is 0 Å². The van der Waals surface area contributed by atoms with Crippen molar-refractivity contribution < 1.29 is 17.1 Å². The molecule has 37 heavy (non-hydrogen) atoms. The summed E-state index contributed by atoms with van der Waals surface area (Å²) in [5, 5.41) is 8.47. The number of hydrogen-bond acceptors (Lipinski definition) is 0. The third kappa shape index (κ3) is 7.05. The molecule has 6 rings (SSSR count). The summed E-state index contributed by atoms with van der Waals surface area (Å²) < 4.78 is 0. The van der Waals surface area contributed by atoms with E-state index in [0.29, 0.717) is 0 Å². The Kier molecular flexibility index (Phi) is 10.3. The van der Waals surface area contributed by atoms with E-state index in [1.807, 2.05) is 0 Å². The first-order valence-electron chi connectivity index (χ1n) is 12.1. The Morgan fingerprint density at radius 1 is 0.297 bits per heavy atom. The van der Waals surface area contributed by atoms with Gasteiger partial charge in [-0.05, 0) is 21.2 Å². The molecule has 0 bridgehead atoms. The quantitative estimate of drug-likeness (QED) is 0.128. The summed E-state index contributed by atoms with van der Waals surface area (Å²) in [6.45, 7) is 0. The van der Waals surface area contributed by atoms with Crippen LogP contribution in [0.4, 0.5) is 0 Å². The second kappa shape index (κ2) is 14.0. The molecule has 0 nitrogen and oxygen atoms in total. The van der Waals surface area contributed by atoms with Crippen LogP contribution >= 0.6 is 15.8 Å². The third-order valence-corrected chi connectivity index (χ3v) is 10.8. The topological polar surface area (TPSA) is 0 Å².